The van der Waals surface area contributed by atoms with Gasteiger partial charge in [0.15, 0.2) is 0 Å². The van der Waals surface area contributed by atoms with Crippen LogP contribution in [-0.4, -0.2) is 11.8 Å². The van der Waals surface area contributed by atoms with Crippen LogP contribution in [0.25, 0.3) is 6.08 Å². The van der Waals surface area contributed by atoms with Gasteiger partial charge in [0.05, 0.1) is 10.6 Å². The van der Waals surface area contributed by atoms with Crippen molar-refractivity contribution in [3.05, 3.63) is 62.3 Å². The normalized spacial score (nSPS) is 10.6. The van der Waals surface area contributed by atoms with Crippen molar-refractivity contribution in [3.8, 4) is 0 Å². The Labute approximate surface area is 135 Å². The molecule has 0 saturated heterocycles. The highest BCUT2D eigenvalue weighted by Gasteiger charge is 2.11. The van der Waals surface area contributed by atoms with Crippen molar-refractivity contribution < 1.29 is 9.59 Å². The zero-order chi connectivity index (χ0) is 15.2. The van der Waals surface area contributed by atoms with Gasteiger partial charge in [0.25, 0.3) is 11.8 Å². The maximum atomic E-state index is 11.9. The second-order valence-electron chi connectivity index (χ2n) is 3.92. The van der Waals surface area contributed by atoms with Gasteiger partial charge in [-0.1, -0.05) is 29.3 Å². The number of hydrazine groups is 1. The van der Waals surface area contributed by atoms with Gasteiger partial charge < -0.3 is 0 Å². The molecule has 7 heteroatoms. The molecule has 1 heterocycles. The molecule has 0 bridgehead atoms. The first kappa shape index (κ1) is 15.6. The summed E-state index contributed by atoms with van der Waals surface area (Å²) in [6.45, 7) is 0. The van der Waals surface area contributed by atoms with Gasteiger partial charge in [0, 0.05) is 16.0 Å². The molecule has 0 aliphatic carbocycles. The summed E-state index contributed by atoms with van der Waals surface area (Å²) in [4.78, 5) is 24.4. The van der Waals surface area contributed by atoms with Crippen molar-refractivity contribution in [2.45, 2.75) is 0 Å². The lowest BCUT2D eigenvalue weighted by Gasteiger charge is -2.07. The monoisotopic (exact) mass is 340 g/mol. The first-order chi connectivity index (χ1) is 10.1. The van der Waals surface area contributed by atoms with E-state index in [1.807, 2.05) is 17.5 Å². The molecular formula is C14H10Cl2N2O2S. The number of rotatable bonds is 3. The third-order valence-electron chi connectivity index (χ3n) is 2.41. The Morgan fingerprint density at radius 3 is 2.67 bits per heavy atom. The first-order valence-corrected chi connectivity index (χ1v) is 7.47. The summed E-state index contributed by atoms with van der Waals surface area (Å²) >= 11 is 13.2. The van der Waals surface area contributed by atoms with Crippen LogP contribution in [0.3, 0.4) is 0 Å². The SMILES string of the molecule is O=C(/C=C/c1cccs1)NNC(=O)c1cc(Cl)ccc1Cl. The van der Waals surface area contributed by atoms with Gasteiger partial charge in [-0.3, -0.25) is 20.4 Å². The molecule has 0 aliphatic rings. The number of halogens is 2. The molecule has 0 unspecified atom stereocenters. The zero-order valence-electron chi connectivity index (χ0n) is 10.6. The number of carbonyl (C=O) groups is 2. The smallest absolute Gasteiger partial charge is 0.268 e. The van der Waals surface area contributed by atoms with Gasteiger partial charge in [0.1, 0.15) is 0 Å². The summed E-state index contributed by atoms with van der Waals surface area (Å²) in [5.74, 6) is -0.990. The van der Waals surface area contributed by atoms with E-state index >= 15 is 0 Å². The topological polar surface area (TPSA) is 58.2 Å². The van der Waals surface area contributed by atoms with Crippen LogP contribution in [-0.2, 0) is 4.79 Å². The van der Waals surface area contributed by atoms with Crippen LogP contribution in [0.1, 0.15) is 15.2 Å². The van der Waals surface area contributed by atoms with Gasteiger partial charge >= 0.3 is 0 Å². The number of carbonyl (C=O) groups excluding carboxylic acids is 2. The third kappa shape index (κ3) is 4.60. The van der Waals surface area contributed by atoms with Crippen LogP contribution in [0, 0.1) is 0 Å². The molecule has 2 aromatic rings. The maximum Gasteiger partial charge on any atom is 0.271 e. The molecule has 0 saturated carbocycles. The van der Waals surface area contributed by atoms with Crippen LogP contribution in [0.2, 0.25) is 10.0 Å². The molecule has 108 valence electrons. The molecule has 4 nitrogen and oxygen atoms in total. The molecule has 1 aromatic carbocycles. The molecule has 0 atom stereocenters. The van der Waals surface area contributed by atoms with Crippen molar-refractivity contribution in [1.29, 1.82) is 0 Å². The lowest BCUT2D eigenvalue weighted by Crippen LogP contribution is -2.40. The van der Waals surface area contributed by atoms with E-state index in [0.717, 1.165) is 4.88 Å². The second-order valence-corrected chi connectivity index (χ2v) is 5.74. The van der Waals surface area contributed by atoms with E-state index in [1.165, 1.54) is 29.5 Å². The van der Waals surface area contributed by atoms with Crippen LogP contribution in [0.15, 0.2) is 41.8 Å². The Morgan fingerprint density at radius 1 is 1.14 bits per heavy atom. The van der Waals surface area contributed by atoms with Gasteiger partial charge in [-0.25, -0.2) is 0 Å². The Morgan fingerprint density at radius 2 is 1.95 bits per heavy atom. The maximum absolute atomic E-state index is 11.9. The average Bonchev–Trinajstić information content (AvgIpc) is 2.98. The van der Waals surface area contributed by atoms with E-state index < -0.39 is 11.8 Å². The molecule has 2 N–H and O–H groups in total. The standard InChI is InChI=1S/C14H10Cl2N2O2S/c15-9-3-5-12(16)11(8-9)14(20)18-17-13(19)6-4-10-2-1-7-21-10/h1-8H,(H,17,19)(H,18,20)/b6-4+. The van der Waals surface area contributed by atoms with Crippen LogP contribution < -0.4 is 10.9 Å². The van der Waals surface area contributed by atoms with E-state index in [0.29, 0.717) is 5.02 Å². The molecule has 0 spiro atoms. The minimum absolute atomic E-state index is 0.187. The van der Waals surface area contributed by atoms with E-state index in [-0.39, 0.29) is 10.6 Å². The van der Waals surface area contributed by atoms with E-state index in [4.69, 9.17) is 23.2 Å². The van der Waals surface area contributed by atoms with Gasteiger partial charge in [-0.2, -0.15) is 0 Å². The molecule has 1 aromatic heterocycles. The first-order valence-electron chi connectivity index (χ1n) is 5.83. The highest BCUT2D eigenvalue weighted by atomic mass is 35.5. The van der Waals surface area contributed by atoms with Crippen LogP contribution in [0.5, 0.6) is 0 Å². The summed E-state index contributed by atoms with van der Waals surface area (Å²) in [6.07, 6.45) is 2.98. The van der Waals surface area contributed by atoms with Crippen molar-refractivity contribution >= 4 is 52.4 Å². The Bertz CT molecular complexity index is 684. The lowest BCUT2D eigenvalue weighted by molar-refractivity contribution is -0.117. The molecule has 2 rings (SSSR count). The lowest BCUT2D eigenvalue weighted by atomic mass is 10.2. The number of hydrogen-bond acceptors (Lipinski definition) is 3. The van der Waals surface area contributed by atoms with Crippen molar-refractivity contribution in [1.82, 2.24) is 10.9 Å². The summed E-state index contributed by atoms with van der Waals surface area (Å²) in [5, 5.41) is 2.54. The summed E-state index contributed by atoms with van der Waals surface area (Å²) in [6, 6.07) is 8.26. The molecule has 2 amide bonds. The quantitative estimate of drug-likeness (QED) is 0.663. The molecule has 0 aliphatic heterocycles. The van der Waals surface area contributed by atoms with Crippen molar-refractivity contribution in [3.63, 3.8) is 0 Å². The van der Waals surface area contributed by atoms with Crippen molar-refractivity contribution in [2.24, 2.45) is 0 Å². The summed E-state index contributed by atoms with van der Waals surface area (Å²) in [5.41, 5.74) is 4.72. The number of thiophene rings is 1. The van der Waals surface area contributed by atoms with E-state index in [9.17, 15) is 9.59 Å². The second kappa shape index (κ2) is 7.26. The highest BCUT2D eigenvalue weighted by Crippen LogP contribution is 2.20. The van der Waals surface area contributed by atoms with Gasteiger partial charge in [0.2, 0.25) is 0 Å². The van der Waals surface area contributed by atoms with Gasteiger partial charge in [-0.15, -0.1) is 11.3 Å². The molecule has 21 heavy (non-hydrogen) atoms. The molecular weight excluding hydrogens is 331 g/mol. The van der Waals surface area contributed by atoms with Crippen LogP contribution in [0.4, 0.5) is 0 Å². The fourth-order valence-electron chi connectivity index (χ4n) is 1.44. The minimum Gasteiger partial charge on any atom is -0.268 e. The fourth-order valence-corrected chi connectivity index (χ4v) is 2.44. The van der Waals surface area contributed by atoms with Crippen LogP contribution >= 0.6 is 34.5 Å². The highest BCUT2D eigenvalue weighted by molar-refractivity contribution is 7.10. The number of amides is 2. The molecule has 0 fully saturated rings. The zero-order valence-corrected chi connectivity index (χ0v) is 12.9. The van der Waals surface area contributed by atoms with Crippen molar-refractivity contribution in [2.75, 3.05) is 0 Å². The number of nitrogens with one attached hydrogen (secondary N) is 2. The van der Waals surface area contributed by atoms with E-state index in [2.05, 4.69) is 10.9 Å². The molecule has 0 radical (unpaired) electrons. The summed E-state index contributed by atoms with van der Waals surface area (Å²) in [7, 11) is 0. The Balaban J connectivity index is 1.92. The predicted molar refractivity (Wildman–Crippen MR) is 85.4 cm³/mol. The van der Waals surface area contributed by atoms with E-state index in [1.54, 1.807) is 12.1 Å². The minimum atomic E-state index is -0.541. The number of benzene rings is 1. The van der Waals surface area contributed by atoms with Gasteiger partial charge in [-0.05, 0) is 35.7 Å². The largest absolute Gasteiger partial charge is 0.271 e. The fraction of sp³-hybridized carbons (Fsp3) is 0. The third-order valence-corrected chi connectivity index (χ3v) is 3.82. The number of hydrogen-bond donors (Lipinski definition) is 2. The Hall–Kier alpha value is -1.82. The summed E-state index contributed by atoms with van der Waals surface area (Å²) < 4.78 is 0. The Kier molecular flexibility index (Phi) is 5.38. The predicted octanol–water partition coefficient (Wildman–Crippen LogP) is 3.53. The average molecular weight is 341 g/mol.